The molecule has 0 amide bonds. The minimum absolute atomic E-state index is 0.178. The van der Waals surface area contributed by atoms with Crippen LogP contribution in [0.5, 0.6) is 0 Å². The van der Waals surface area contributed by atoms with E-state index in [1.165, 1.54) is 96.3 Å². The molecule has 1 unspecified atom stereocenters. The van der Waals surface area contributed by atoms with Crippen LogP contribution in [0.3, 0.4) is 0 Å². The van der Waals surface area contributed by atoms with Gasteiger partial charge in [0.1, 0.15) is 12.7 Å². The van der Waals surface area contributed by atoms with E-state index in [0.29, 0.717) is 12.8 Å². The van der Waals surface area contributed by atoms with E-state index in [0.717, 1.165) is 38.5 Å². The first-order valence-electron chi connectivity index (χ1n) is 19.8. The highest BCUT2D eigenvalue weighted by Crippen LogP contribution is 2.43. The Kier molecular flexibility index (Phi) is 34.7. The molecule has 11 heteroatoms. The normalized spacial score (nSPS) is 14.3. The number of hydrogen-bond acceptors (Lipinski definition) is 9. The van der Waals surface area contributed by atoms with Gasteiger partial charge in [-0.2, -0.15) is 0 Å². The zero-order valence-corrected chi connectivity index (χ0v) is 32.5. The van der Waals surface area contributed by atoms with E-state index in [1.807, 2.05) is 0 Å². The number of aliphatic hydroxyl groups excluding tert-OH is 2. The van der Waals surface area contributed by atoms with Crippen LogP contribution in [0.15, 0.2) is 24.3 Å². The van der Waals surface area contributed by atoms with Gasteiger partial charge < -0.3 is 24.6 Å². The van der Waals surface area contributed by atoms with Gasteiger partial charge in [0.05, 0.1) is 19.8 Å². The molecule has 3 N–H and O–H groups in total. The summed E-state index contributed by atoms with van der Waals surface area (Å²) < 4.78 is 32.5. The molecule has 0 radical (unpaired) electrons. The van der Waals surface area contributed by atoms with Crippen molar-refractivity contribution in [1.82, 2.24) is 0 Å². The maximum atomic E-state index is 12.5. The topological polar surface area (TPSA) is 149 Å². The fourth-order valence-corrected chi connectivity index (χ4v) is 6.06. The minimum atomic E-state index is -4.61. The first kappa shape index (κ1) is 48.5. The van der Waals surface area contributed by atoms with Crippen LogP contribution < -0.4 is 0 Å². The van der Waals surface area contributed by atoms with E-state index in [9.17, 15) is 24.2 Å². The second kappa shape index (κ2) is 35.8. The monoisotopic (exact) mass is 732 g/mol. The molecule has 294 valence electrons. The molecule has 0 aromatic heterocycles. The van der Waals surface area contributed by atoms with E-state index >= 15 is 0 Å². The molecule has 0 spiro atoms. The Morgan fingerprint density at radius 1 is 0.600 bits per heavy atom. The van der Waals surface area contributed by atoms with Crippen LogP contribution >= 0.6 is 7.82 Å². The number of carbonyl (C=O) groups is 2. The van der Waals surface area contributed by atoms with Crippen LogP contribution in [0.25, 0.3) is 0 Å². The Hall–Kier alpha value is -1.55. The van der Waals surface area contributed by atoms with Gasteiger partial charge in [0.15, 0.2) is 6.10 Å². The van der Waals surface area contributed by atoms with E-state index in [2.05, 4.69) is 42.7 Å². The van der Waals surface area contributed by atoms with Crippen molar-refractivity contribution in [3.63, 3.8) is 0 Å². The van der Waals surface area contributed by atoms with Gasteiger partial charge in [0.25, 0.3) is 0 Å². The first-order valence-corrected chi connectivity index (χ1v) is 21.3. The highest BCUT2D eigenvalue weighted by atomic mass is 31.2. The zero-order chi connectivity index (χ0) is 37.0. The van der Waals surface area contributed by atoms with Crippen LogP contribution in [-0.2, 0) is 32.7 Å². The summed E-state index contributed by atoms with van der Waals surface area (Å²) in [6.07, 6.45) is 33.1. The molecule has 0 aliphatic carbocycles. The Morgan fingerprint density at radius 3 is 1.60 bits per heavy atom. The molecule has 0 saturated carbocycles. The maximum Gasteiger partial charge on any atom is 0.472 e. The smallest absolute Gasteiger partial charge is 0.462 e. The van der Waals surface area contributed by atoms with Crippen LogP contribution in [0, 0.1) is 0 Å². The summed E-state index contributed by atoms with van der Waals surface area (Å²) in [5.41, 5.74) is 0. The Balaban J connectivity index is 4.36. The van der Waals surface area contributed by atoms with E-state index in [1.54, 1.807) is 0 Å². The van der Waals surface area contributed by atoms with Crippen LogP contribution in [0.2, 0.25) is 0 Å². The molecule has 10 nitrogen and oxygen atoms in total. The van der Waals surface area contributed by atoms with Crippen molar-refractivity contribution in [2.75, 3.05) is 26.4 Å². The van der Waals surface area contributed by atoms with Crippen molar-refractivity contribution in [2.45, 2.75) is 187 Å². The molecule has 0 heterocycles. The number of unbranched alkanes of at least 4 members (excludes halogenated alkanes) is 19. The zero-order valence-electron chi connectivity index (χ0n) is 31.6. The Bertz CT molecular complexity index is 894. The van der Waals surface area contributed by atoms with Gasteiger partial charge in [-0.3, -0.25) is 18.6 Å². The number of ether oxygens (including phenoxy) is 2. The number of aliphatic hydroxyl groups is 2. The highest BCUT2D eigenvalue weighted by Gasteiger charge is 2.27. The van der Waals surface area contributed by atoms with Gasteiger partial charge in [-0.25, -0.2) is 4.57 Å². The number of phosphoric acid groups is 1. The number of hydrogen-bond donors (Lipinski definition) is 3. The molecule has 0 fully saturated rings. The molecule has 0 saturated heterocycles. The molecule has 3 atom stereocenters. The third kappa shape index (κ3) is 34.9. The van der Waals surface area contributed by atoms with Gasteiger partial charge in [0.2, 0.25) is 0 Å². The fraction of sp³-hybridized carbons (Fsp3) is 0.846. The summed E-state index contributed by atoms with van der Waals surface area (Å²) in [5, 5.41) is 18.3. The minimum Gasteiger partial charge on any atom is -0.462 e. The standard InChI is InChI=1S/C39H73O10P/c1-3-5-7-9-11-13-15-16-17-18-19-20-21-23-24-26-28-30-38(42)46-34-37(35-48-50(44,45)47-33-36(41)32-40)49-39(43)31-29-27-25-22-14-12-10-8-6-4-2/h19-20,23-24,36-37,40-41H,3-18,21-22,25-35H2,1-2H3,(H,44,45)/b20-19+,24-23+/t36-,37+/m1/s1. The Morgan fingerprint density at radius 2 is 1.06 bits per heavy atom. The largest absolute Gasteiger partial charge is 0.472 e. The van der Waals surface area contributed by atoms with Crippen molar-refractivity contribution in [2.24, 2.45) is 0 Å². The van der Waals surface area contributed by atoms with Crippen molar-refractivity contribution >= 4 is 19.8 Å². The molecule has 50 heavy (non-hydrogen) atoms. The predicted molar refractivity (Wildman–Crippen MR) is 201 cm³/mol. The lowest BCUT2D eigenvalue weighted by molar-refractivity contribution is -0.161. The van der Waals surface area contributed by atoms with Crippen molar-refractivity contribution < 1.29 is 47.8 Å². The average molecular weight is 733 g/mol. The van der Waals surface area contributed by atoms with Gasteiger partial charge >= 0.3 is 19.8 Å². The Labute approximate surface area is 304 Å². The summed E-state index contributed by atoms with van der Waals surface area (Å²) in [6, 6.07) is 0. The highest BCUT2D eigenvalue weighted by molar-refractivity contribution is 7.47. The second-order valence-electron chi connectivity index (χ2n) is 13.3. The number of allylic oxidation sites excluding steroid dienone is 4. The number of phosphoric ester groups is 1. The predicted octanol–water partition coefficient (Wildman–Crippen LogP) is 9.83. The van der Waals surface area contributed by atoms with Gasteiger partial charge in [-0.05, 0) is 38.5 Å². The SMILES string of the molecule is CCCCCCCCCCC/C=C/C/C=C/CCCC(=O)OC[C@@H](COP(=O)(O)OC[C@H](O)CO)OC(=O)CCCCCCCCCCCC. The fourth-order valence-electron chi connectivity index (χ4n) is 5.27. The molecule has 0 aliphatic rings. The summed E-state index contributed by atoms with van der Waals surface area (Å²) >= 11 is 0. The lowest BCUT2D eigenvalue weighted by Crippen LogP contribution is -2.29. The number of rotatable bonds is 37. The quantitative estimate of drug-likeness (QED) is 0.0244. The van der Waals surface area contributed by atoms with E-state index in [-0.39, 0.29) is 19.4 Å². The molecular formula is C39H73O10P. The third-order valence-electron chi connectivity index (χ3n) is 8.36. The molecular weight excluding hydrogens is 659 g/mol. The molecule has 0 aromatic rings. The number of carbonyl (C=O) groups excluding carboxylic acids is 2. The van der Waals surface area contributed by atoms with Crippen LogP contribution in [0.1, 0.15) is 174 Å². The summed E-state index contributed by atoms with van der Waals surface area (Å²) in [7, 11) is -4.61. The maximum absolute atomic E-state index is 12.5. The molecule has 0 aromatic carbocycles. The second-order valence-corrected chi connectivity index (χ2v) is 14.8. The summed E-state index contributed by atoms with van der Waals surface area (Å²) in [4.78, 5) is 34.8. The van der Waals surface area contributed by atoms with Crippen molar-refractivity contribution in [3.8, 4) is 0 Å². The van der Waals surface area contributed by atoms with Gasteiger partial charge in [-0.1, -0.05) is 147 Å². The van der Waals surface area contributed by atoms with E-state index in [4.69, 9.17) is 19.1 Å². The van der Waals surface area contributed by atoms with Crippen molar-refractivity contribution in [1.29, 1.82) is 0 Å². The third-order valence-corrected chi connectivity index (χ3v) is 9.31. The van der Waals surface area contributed by atoms with Gasteiger partial charge in [-0.15, -0.1) is 0 Å². The number of esters is 2. The van der Waals surface area contributed by atoms with Gasteiger partial charge in [0, 0.05) is 12.8 Å². The summed E-state index contributed by atoms with van der Waals surface area (Å²) in [5.74, 6) is -0.976. The van der Waals surface area contributed by atoms with Crippen LogP contribution in [0.4, 0.5) is 0 Å². The lowest BCUT2D eigenvalue weighted by atomic mass is 10.1. The van der Waals surface area contributed by atoms with Crippen LogP contribution in [-0.4, -0.2) is 65.7 Å². The summed E-state index contributed by atoms with van der Waals surface area (Å²) in [6.45, 7) is 2.31. The molecule has 0 aliphatic heterocycles. The first-order chi connectivity index (χ1) is 24.2. The average Bonchev–Trinajstić information content (AvgIpc) is 3.10. The van der Waals surface area contributed by atoms with Crippen molar-refractivity contribution in [3.05, 3.63) is 24.3 Å². The van der Waals surface area contributed by atoms with E-state index < -0.39 is 51.8 Å². The lowest BCUT2D eigenvalue weighted by Gasteiger charge is -2.20. The molecule has 0 rings (SSSR count). The molecule has 0 bridgehead atoms.